The van der Waals surface area contributed by atoms with Gasteiger partial charge in [0, 0.05) is 11.9 Å². The second-order valence-electron chi connectivity index (χ2n) is 4.88. The molecule has 1 atom stereocenters. The third kappa shape index (κ3) is 3.42. The van der Waals surface area contributed by atoms with Gasteiger partial charge in [0.2, 0.25) is 0 Å². The quantitative estimate of drug-likeness (QED) is 0.887. The first-order chi connectivity index (χ1) is 9.61. The van der Waals surface area contributed by atoms with Crippen LogP contribution in [0, 0.1) is 5.92 Å². The van der Waals surface area contributed by atoms with Gasteiger partial charge in [0.15, 0.2) is 0 Å². The monoisotopic (exact) mass is 289 g/mol. The van der Waals surface area contributed by atoms with E-state index in [2.05, 4.69) is 23.5 Å². The normalized spacial score (nSPS) is 12.3. The van der Waals surface area contributed by atoms with Crippen molar-refractivity contribution in [2.75, 3.05) is 24.3 Å². The molecule has 4 nitrogen and oxygen atoms in total. The minimum absolute atomic E-state index is 0.171. The minimum Gasteiger partial charge on any atom is -0.383 e. The first kappa shape index (κ1) is 14.7. The van der Waals surface area contributed by atoms with Crippen LogP contribution < -0.4 is 11.1 Å². The number of amides is 1. The van der Waals surface area contributed by atoms with E-state index in [4.69, 9.17) is 5.73 Å². The lowest BCUT2D eigenvalue weighted by Gasteiger charge is -2.11. The van der Waals surface area contributed by atoms with Crippen LogP contribution in [0.25, 0.3) is 10.8 Å². The zero-order valence-corrected chi connectivity index (χ0v) is 12.5. The Hall–Kier alpha value is -1.75. The van der Waals surface area contributed by atoms with E-state index in [0.29, 0.717) is 24.0 Å². The second-order valence-corrected chi connectivity index (χ2v) is 5.80. The Morgan fingerprint density at radius 3 is 2.95 bits per heavy atom. The van der Waals surface area contributed by atoms with Crippen molar-refractivity contribution in [2.24, 2.45) is 5.92 Å². The molecule has 0 bridgehead atoms. The van der Waals surface area contributed by atoms with Gasteiger partial charge in [-0.1, -0.05) is 31.2 Å². The molecule has 0 aliphatic heterocycles. The zero-order chi connectivity index (χ0) is 14.5. The first-order valence-electron chi connectivity index (χ1n) is 6.54. The van der Waals surface area contributed by atoms with Gasteiger partial charge < -0.3 is 11.1 Å². The van der Waals surface area contributed by atoms with E-state index in [1.165, 1.54) is 0 Å². The second kappa shape index (κ2) is 6.61. The summed E-state index contributed by atoms with van der Waals surface area (Å²) in [7, 11) is 0. The van der Waals surface area contributed by atoms with Gasteiger partial charge in [-0.3, -0.25) is 4.79 Å². The number of carbonyl (C=O) groups excluding carboxylic acids is 1. The highest BCUT2D eigenvalue weighted by molar-refractivity contribution is 7.98. The Kier molecular flexibility index (Phi) is 4.84. The maximum atomic E-state index is 12.1. The fraction of sp³-hybridized carbons (Fsp3) is 0.333. The van der Waals surface area contributed by atoms with Crippen LogP contribution in [0.15, 0.2) is 30.3 Å². The third-order valence-electron chi connectivity index (χ3n) is 3.06. The van der Waals surface area contributed by atoms with Crippen LogP contribution in [0.3, 0.4) is 0 Å². The minimum atomic E-state index is -0.171. The molecular formula is C15H19N3OS. The van der Waals surface area contributed by atoms with Crippen molar-refractivity contribution in [1.82, 2.24) is 10.3 Å². The largest absolute Gasteiger partial charge is 0.383 e. The van der Waals surface area contributed by atoms with Crippen molar-refractivity contribution in [3.05, 3.63) is 36.0 Å². The number of nitrogens with one attached hydrogen (secondary N) is 1. The van der Waals surface area contributed by atoms with E-state index in [0.717, 1.165) is 16.5 Å². The average molecular weight is 289 g/mol. The number of carbonyl (C=O) groups is 1. The fourth-order valence-corrected chi connectivity index (χ4v) is 2.73. The van der Waals surface area contributed by atoms with Gasteiger partial charge in [0.1, 0.15) is 11.5 Å². The smallest absolute Gasteiger partial charge is 0.270 e. The Bertz CT molecular complexity index is 615. The number of nitrogens with two attached hydrogens (primary N) is 1. The first-order valence-corrected chi connectivity index (χ1v) is 7.93. The number of hydrogen-bond acceptors (Lipinski definition) is 4. The number of thioether (sulfide) groups is 1. The fourth-order valence-electron chi connectivity index (χ4n) is 2.04. The van der Waals surface area contributed by atoms with Crippen LogP contribution in [0.4, 0.5) is 5.82 Å². The summed E-state index contributed by atoms with van der Waals surface area (Å²) >= 11 is 1.77. The molecular weight excluding hydrogens is 270 g/mol. The van der Waals surface area contributed by atoms with Crippen molar-refractivity contribution < 1.29 is 4.79 Å². The Labute approximate surface area is 123 Å². The highest BCUT2D eigenvalue weighted by Gasteiger charge is 2.11. The molecule has 0 fully saturated rings. The molecule has 1 aromatic carbocycles. The van der Waals surface area contributed by atoms with Crippen molar-refractivity contribution in [3.63, 3.8) is 0 Å². The number of nitrogen functional groups attached to an aromatic ring is 1. The molecule has 0 radical (unpaired) electrons. The van der Waals surface area contributed by atoms with Gasteiger partial charge in [0.05, 0.1) is 0 Å². The van der Waals surface area contributed by atoms with Crippen molar-refractivity contribution in [1.29, 1.82) is 0 Å². The van der Waals surface area contributed by atoms with Crippen molar-refractivity contribution in [2.45, 2.75) is 6.92 Å². The number of pyridine rings is 1. The summed E-state index contributed by atoms with van der Waals surface area (Å²) in [5.41, 5.74) is 6.28. The molecule has 0 saturated heterocycles. The molecule has 0 spiro atoms. The Morgan fingerprint density at radius 2 is 2.20 bits per heavy atom. The standard InChI is InChI=1S/C15H19N3OS/c1-10(9-20-2)8-17-15(19)13-7-11-5-3-4-6-12(11)14(16)18-13/h3-7,10H,8-9H2,1-2H3,(H2,16,18)(H,17,19). The van der Waals surface area contributed by atoms with Crippen molar-refractivity contribution >= 4 is 34.3 Å². The van der Waals surface area contributed by atoms with E-state index >= 15 is 0 Å². The van der Waals surface area contributed by atoms with E-state index in [1.54, 1.807) is 17.8 Å². The molecule has 1 heterocycles. The number of benzene rings is 1. The van der Waals surface area contributed by atoms with Crippen LogP contribution >= 0.6 is 11.8 Å². The third-order valence-corrected chi connectivity index (χ3v) is 3.97. The molecule has 1 aromatic heterocycles. The van der Waals surface area contributed by atoms with Gasteiger partial charge in [0.25, 0.3) is 5.91 Å². The molecule has 20 heavy (non-hydrogen) atoms. The molecule has 3 N–H and O–H groups in total. The summed E-state index contributed by atoms with van der Waals surface area (Å²) in [4.78, 5) is 16.3. The molecule has 0 aliphatic carbocycles. The van der Waals surface area contributed by atoms with Crippen LogP contribution in [0.1, 0.15) is 17.4 Å². The number of rotatable bonds is 5. The van der Waals surface area contributed by atoms with Gasteiger partial charge in [-0.05, 0) is 29.4 Å². The molecule has 0 aliphatic rings. The highest BCUT2D eigenvalue weighted by Crippen LogP contribution is 2.19. The maximum Gasteiger partial charge on any atom is 0.270 e. The molecule has 2 aromatic rings. The molecule has 1 unspecified atom stereocenters. The van der Waals surface area contributed by atoms with E-state index < -0.39 is 0 Å². The van der Waals surface area contributed by atoms with E-state index in [1.807, 2.05) is 24.3 Å². The number of nitrogens with zero attached hydrogens (tertiary/aromatic N) is 1. The molecule has 0 saturated carbocycles. The lowest BCUT2D eigenvalue weighted by Crippen LogP contribution is -2.29. The summed E-state index contributed by atoms with van der Waals surface area (Å²) in [6.07, 6.45) is 2.06. The van der Waals surface area contributed by atoms with Crippen LogP contribution in [-0.2, 0) is 0 Å². The Balaban J connectivity index is 2.14. The number of hydrogen-bond donors (Lipinski definition) is 2. The summed E-state index contributed by atoms with van der Waals surface area (Å²) in [6, 6.07) is 9.44. The van der Waals surface area contributed by atoms with Gasteiger partial charge in [-0.15, -0.1) is 0 Å². The lowest BCUT2D eigenvalue weighted by molar-refractivity contribution is 0.0944. The van der Waals surface area contributed by atoms with E-state index in [-0.39, 0.29) is 5.91 Å². The SMILES string of the molecule is CSCC(C)CNC(=O)c1cc2ccccc2c(N)n1. The molecule has 106 valence electrons. The maximum absolute atomic E-state index is 12.1. The molecule has 5 heteroatoms. The predicted molar refractivity (Wildman–Crippen MR) is 86.0 cm³/mol. The number of anilines is 1. The summed E-state index contributed by atoms with van der Waals surface area (Å²) in [6.45, 7) is 2.76. The van der Waals surface area contributed by atoms with Gasteiger partial charge in [-0.2, -0.15) is 11.8 Å². The van der Waals surface area contributed by atoms with Crippen molar-refractivity contribution in [3.8, 4) is 0 Å². The van der Waals surface area contributed by atoms with E-state index in [9.17, 15) is 4.79 Å². The summed E-state index contributed by atoms with van der Waals surface area (Å²) < 4.78 is 0. The summed E-state index contributed by atoms with van der Waals surface area (Å²) in [5, 5.41) is 4.71. The molecule has 1 amide bonds. The Morgan fingerprint density at radius 1 is 1.45 bits per heavy atom. The lowest BCUT2D eigenvalue weighted by atomic mass is 10.1. The van der Waals surface area contributed by atoms with Crippen LogP contribution in [0.2, 0.25) is 0 Å². The average Bonchev–Trinajstić information content (AvgIpc) is 2.45. The van der Waals surface area contributed by atoms with Gasteiger partial charge in [-0.25, -0.2) is 4.98 Å². The number of aromatic nitrogens is 1. The summed E-state index contributed by atoms with van der Waals surface area (Å²) in [5.74, 6) is 1.68. The topological polar surface area (TPSA) is 68.0 Å². The van der Waals surface area contributed by atoms with Crippen LogP contribution in [-0.4, -0.2) is 29.4 Å². The van der Waals surface area contributed by atoms with Gasteiger partial charge >= 0.3 is 0 Å². The highest BCUT2D eigenvalue weighted by atomic mass is 32.2. The zero-order valence-electron chi connectivity index (χ0n) is 11.7. The van der Waals surface area contributed by atoms with Crippen LogP contribution in [0.5, 0.6) is 0 Å². The number of fused-ring (bicyclic) bond motifs is 1. The predicted octanol–water partition coefficient (Wildman–Crippen LogP) is 2.55. The molecule has 2 rings (SSSR count).